The van der Waals surface area contributed by atoms with E-state index in [2.05, 4.69) is 4.98 Å². The highest BCUT2D eigenvalue weighted by Crippen LogP contribution is 2.27. The predicted molar refractivity (Wildman–Crippen MR) is 76.6 cm³/mol. The molecule has 0 aliphatic carbocycles. The normalized spacial score (nSPS) is 21.9. The summed E-state index contributed by atoms with van der Waals surface area (Å²) in [5.41, 5.74) is 0.595. The van der Waals surface area contributed by atoms with Crippen molar-refractivity contribution in [2.45, 2.75) is 11.9 Å². The van der Waals surface area contributed by atoms with E-state index < -0.39 is 0 Å². The van der Waals surface area contributed by atoms with Gasteiger partial charge in [0.15, 0.2) is 0 Å². The first-order valence-corrected chi connectivity index (χ1v) is 7.67. The van der Waals surface area contributed by atoms with Crippen molar-refractivity contribution < 1.29 is 14.3 Å². The number of thioether (sulfide) groups is 1. The zero-order valence-electron chi connectivity index (χ0n) is 11.8. The van der Waals surface area contributed by atoms with Gasteiger partial charge in [-0.1, -0.05) is 6.92 Å². The average Bonchev–Trinajstić information content (AvgIpc) is 2.87. The number of hydrogen-bond acceptors (Lipinski definition) is 5. The van der Waals surface area contributed by atoms with Crippen LogP contribution >= 0.6 is 11.8 Å². The first-order chi connectivity index (χ1) is 9.58. The summed E-state index contributed by atoms with van der Waals surface area (Å²) < 4.78 is 4.79. The van der Waals surface area contributed by atoms with Gasteiger partial charge in [0.2, 0.25) is 0 Å². The van der Waals surface area contributed by atoms with E-state index in [1.54, 1.807) is 23.2 Å². The molecule has 0 aromatic carbocycles. The van der Waals surface area contributed by atoms with Gasteiger partial charge in [-0.05, 0) is 24.3 Å². The van der Waals surface area contributed by atoms with Crippen LogP contribution in [0.2, 0.25) is 0 Å². The highest BCUT2D eigenvalue weighted by molar-refractivity contribution is 7.98. The smallest absolute Gasteiger partial charge is 0.310 e. The van der Waals surface area contributed by atoms with Gasteiger partial charge in [-0.25, -0.2) is 4.98 Å². The van der Waals surface area contributed by atoms with Gasteiger partial charge >= 0.3 is 5.97 Å². The molecule has 2 unspecified atom stereocenters. The minimum Gasteiger partial charge on any atom is -0.469 e. The van der Waals surface area contributed by atoms with Gasteiger partial charge in [0, 0.05) is 19.3 Å². The van der Waals surface area contributed by atoms with Crippen molar-refractivity contribution in [1.82, 2.24) is 9.88 Å². The number of pyridine rings is 1. The summed E-state index contributed by atoms with van der Waals surface area (Å²) in [6.45, 7) is 2.95. The van der Waals surface area contributed by atoms with Gasteiger partial charge in [-0.3, -0.25) is 9.59 Å². The SMILES string of the molecule is COC(=O)C1CN(C(=O)c2cccnc2SC)CC1C. The summed E-state index contributed by atoms with van der Waals surface area (Å²) in [5, 5.41) is 0.715. The number of amides is 1. The summed E-state index contributed by atoms with van der Waals surface area (Å²) in [6, 6.07) is 3.53. The molecule has 5 nitrogen and oxygen atoms in total. The van der Waals surface area contributed by atoms with Crippen molar-refractivity contribution >= 4 is 23.6 Å². The third kappa shape index (κ3) is 2.80. The molecule has 1 amide bonds. The summed E-state index contributed by atoms with van der Waals surface area (Å²) in [7, 11) is 1.38. The molecule has 0 saturated carbocycles. The minimum atomic E-state index is -0.246. The minimum absolute atomic E-state index is 0.0688. The Morgan fingerprint density at radius 1 is 1.45 bits per heavy atom. The molecule has 0 spiro atoms. The number of methoxy groups -OCH3 is 1. The second-order valence-electron chi connectivity index (χ2n) is 4.88. The number of likely N-dealkylation sites (tertiary alicyclic amines) is 1. The number of aromatic nitrogens is 1. The monoisotopic (exact) mass is 294 g/mol. The highest BCUT2D eigenvalue weighted by atomic mass is 32.2. The predicted octanol–water partition coefficient (Wildman–Crippen LogP) is 1.68. The largest absolute Gasteiger partial charge is 0.469 e. The molecule has 0 radical (unpaired) electrons. The van der Waals surface area contributed by atoms with E-state index in [0.29, 0.717) is 23.7 Å². The third-order valence-corrected chi connectivity index (χ3v) is 4.31. The van der Waals surface area contributed by atoms with Gasteiger partial charge in [-0.2, -0.15) is 0 Å². The van der Waals surface area contributed by atoms with Crippen LogP contribution in [0.15, 0.2) is 23.4 Å². The summed E-state index contributed by atoms with van der Waals surface area (Å²) in [6.07, 6.45) is 3.56. The van der Waals surface area contributed by atoms with Crippen LogP contribution in [-0.4, -0.2) is 48.2 Å². The Balaban J connectivity index is 2.17. The molecule has 6 heteroatoms. The molecule has 20 heavy (non-hydrogen) atoms. The maximum atomic E-state index is 12.5. The van der Waals surface area contributed by atoms with E-state index in [9.17, 15) is 9.59 Å². The second-order valence-corrected chi connectivity index (χ2v) is 5.67. The van der Waals surface area contributed by atoms with Gasteiger partial charge in [0.1, 0.15) is 5.03 Å². The Kier molecular flexibility index (Phi) is 4.65. The Bertz CT molecular complexity index is 521. The molecule has 2 heterocycles. The zero-order valence-corrected chi connectivity index (χ0v) is 12.6. The molecule has 0 bridgehead atoms. The van der Waals surface area contributed by atoms with Crippen LogP contribution in [0.1, 0.15) is 17.3 Å². The molecular weight excluding hydrogens is 276 g/mol. The molecule has 2 atom stereocenters. The van der Waals surface area contributed by atoms with Crippen molar-refractivity contribution in [3.63, 3.8) is 0 Å². The number of nitrogens with zero attached hydrogens (tertiary/aromatic N) is 2. The molecule has 1 aromatic heterocycles. The number of carbonyl (C=O) groups excluding carboxylic acids is 2. The van der Waals surface area contributed by atoms with E-state index in [1.807, 2.05) is 13.2 Å². The quantitative estimate of drug-likeness (QED) is 0.627. The molecule has 1 saturated heterocycles. The van der Waals surface area contributed by atoms with E-state index >= 15 is 0 Å². The molecule has 1 aliphatic heterocycles. The van der Waals surface area contributed by atoms with Crippen molar-refractivity contribution in [1.29, 1.82) is 0 Å². The average molecular weight is 294 g/mol. The fourth-order valence-electron chi connectivity index (χ4n) is 2.48. The molecule has 1 aromatic rings. The van der Waals surface area contributed by atoms with Crippen LogP contribution in [0.25, 0.3) is 0 Å². The number of hydrogen-bond donors (Lipinski definition) is 0. The Morgan fingerprint density at radius 2 is 2.20 bits per heavy atom. The fourth-order valence-corrected chi connectivity index (χ4v) is 3.02. The molecule has 1 aliphatic rings. The van der Waals surface area contributed by atoms with Gasteiger partial charge in [-0.15, -0.1) is 11.8 Å². The Hall–Kier alpha value is -1.56. The van der Waals surface area contributed by atoms with Crippen molar-refractivity contribution in [2.75, 3.05) is 26.5 Å². The third-order valence-electron chi connectivity index (χ3n) is 3.60. The summed E-state index contributed by atoms with van der Waals surface area (Å²) in [4.78, 5) is 30.1. The van der Waals surface area contributed by atoms with E-state index in [1.165, 1.54) is 18.9 Å². The molecular formula is C14H18N2O3S. The van der Waals surface area contributed by atoms with E-state index in [4.69, 9.17) is 4.74 Å². The second kappa shape index (κ2) is 6.26. The fraction of sp³-hybridized carbons (Fsp3) is 0.500. The first-order valence-electron chi connectivity index (χ1n) is 6.44. The lowest BCUT2D eigenvalue weighted by Crippen LogP contribution is -2.30. The van der Waals surface area contributed by atoms with Crippen molar-refractivity contribution in [3.8, 4) is 0 Å². The maximum Gasteiger partial charge on any atom is 0.310 e. The maximum absolute atomic E-state index is 12.5. The van der Waals surface area contributed by atoms with Crippen LogP contribution in [0.3, 0.4) is 0 Å². The number of esters is 1. The summed E-state index contributed by atoms with van der Waals surface area (Å²) >= 11 is 1.44. The van der Waals surface area contributed by atoms with Gasteiger partial charge in [0.25, 0.3) is 5.91 Å². The zero-order chi connectivity index (χ0) is 14.7. The molecule has 2 rings (SSSR count). The molecule has 0 N–H and O–H groups in total. The van der Waals surface area contributed by atoms with Crippen LogP contribution in [0.4, 0.5) is 0 Å². The lowest BCUT2D eigenvalue weighted by atomic mass is 9.99. The van der Waals surface area contributed by atoms with Crippen LogP contribution in [0, 0.1) is 11.8 Å². The van der Waals surface area contributed by atoms with Gasteiger partial charge < -0.3 is 9.64 Å². The van der Waals surface area contributed by atoms with Crippen LogP contribution < -0.4 is 0 Å². The Labute approximate surface area is 122 Å². The first kappa shape index (κ1) is 14.8. The topological polar surface area (TPSA) is 59.5 Å². The lowest BCUT2D eigenvalue weighted by Gasteiger charge is -2.17. The van der Waals surface area contributed by atoms with Crippen molar-refractivity contribution in [3.05, 3.63) is 23.9 Å². The van der Waals surface area contributed by atoms with Crippen LogP contribution in [-0.2, 0) is 9.53 Å². The number of carbonyl (C=O) groups is 2. The molecule has 108 valence electrons. The molecule has 1 fully saturated rings. The summed E-state index contributed by atoms with van der Waals surface area (Å²) in [5.74, 6) is -0.441. The van der Waals surface area contributed by atoms with Crippen LogP contribution in [0.5, 0.6) is 0 Å². The standard InChI is InChI=1S/C14H18N2O3S/c1-9-7-16(8-11(9)14(18)19-2)13(17)10-5-4-6-15-12(10)20-3/h4-6,9,11H,7-8H2,1-3H3. The lowest BCUT2D eigenvalue weighted by molar-refractivity contribution is -0.146. The van der Waals surface area contributed by atoms with Crippen molar-refractivity contribution in [2.24, 2.45) is 11.8 Å². The Morgan fingerprint density at radius 3 is 2.85 bits per heavy atom. The van der Waals surface area contributed by atoms with E-state index in [-0.39, 0.29) is 23.7 Å². The number of ether oxygens (including phenoxy) is 1. The number of rotatable bonds is 3. The van der Waals surface area contributed by atoms with Gasteiger partial charge in [0.05, 0.1) is 18.6 Å². The highest BCUT2D eigenvalue weighted by Gasteiger charge is 2.38. The van der Waals surface area contributed by atoms with E-state index in [0.717, 1.165) is 0 Å².